The number of nitrogens with zero attached hydrogens (tertiary/aromatic N) is 1. The number of amides is 1. The van der Waals surface area contributed by atoms with Crippen LogP contribution in [0, 0.1) is 5.82 Å². The SMILES string of the molecule is O=C(c1cc(F)c(Cl)cc1Cl)N1CCCCC1. The van der Waals surface area contributed by atoms with Crippen LogP contribution in [0.15, 0.2) is 12.1 Å². The van der Waals surface area contributed by atoms with Gasteiger partial charge in [0.15, 0.2) is 0 Å². The third kappa shape index (κ3) is 2.72. The summed E-state index contributed by atoms with van der Waals surface area (Å²) in [4.78, 5) is 13.8. The molecule has 1 aliphatic heterocycles. The molecular formula is C12H12Cl2FNO. The molecule has 1 heterocycles. The molecule has 1 aliphatic rings. The summed E-state index contributed by atoms with van der Waals surface area (Å²) in [5.41, 5.74) is 0.190. The predicted octanol–water partition coefficient (Wildman–Crippen LogP) is 3.76. The molecule has 0 radical (unpaired) electrons. The number of hydrogen-bond donors (Lipinski definition) is 0. The molecule has 1 aromatic rings. The van der Waals surface area contributed by atoms with Gasteiger partial charge in [0.05, 0.1) is 15.6 Å². The molecule has 0 N–H and O–H groups in total. The fraction of sp³-hybridized carbons (Fsp3) is 0.417. The van der Waals surface area contributed by atoms with Crippen molar-refractivity contribution in [3.05, 3.63) is 33.6 Å². The lowest BCUT2D eigenvalue weighted by Gasteiger charge is -2.27. The molecule has 1 fully saturated rings. The van der Waals surface area contributed by atoms with Gasteiger partial charge in [0.1, 0.15) is 5.82 Å². The van der Waals surface area contributed by atoms with Crippen LogP contribution in [-0.2, 0) is 0 Å². The summed E-state index contributed by atoms with van der Waals surface area (Å²) in [6.45, 7) is 1.42. The van der Waals surface area contributed by atoms with E-state index in [1.54, 1.807) is 4.90 Å². The second-order valence-electron chi connectivity index (χ2n) is 4.10. The maximum absolute atomic E-state index is 13.3. The van der Waals surface area contributed by atoms with Crippen LogP contribution < -0.4 is 0 Å². The van der Waals surface area contributed by atoms with E-state index < -0.39 is 5.82 Å². The van der Waals surface area contributed by atoms with E-state index in [-0.39, 0.29) is 21.5 Å². The normalized spacial score (nSPS) is 16.1. The molecule has 1 aromatic carbocycles. The molecule has 0 aromatic heterocycles. The Morgan fingerprint density at radius 3 is 2.41 bits per heavy atom. The summed E-state index contributed by atoms with van der Waals surface area (Å²) in [6.07, 6.45) is 3.10. The van der Waals surface area contributed by atoms with Crippen LogP contribution in [0.1, 0.15) is 29.6 Å². The molecule has 0 atom stereocenters. The molecule has 2 rings (SSSR count). The van der Waals surface area contributed by atoms with Crippen molar-refractivity contribution in [3.63, 3.8) is 0 Å². The topological polar surface area (TPSA) is 20.3 Å². The highest BCUT2D eigenvalue weighted by Gasteiger charge is 2.21. The van der Waals surface area contributed by atoms with Gasteiger partial charge < -0.3 is 4.90 Å². The standard InChI is InChI=1S/C12H12Cl2FNO/c13-9-7-10(14)11(15)6-8(9)12(17)16-4-2-1-3-5-16/h6-7H,1-5H2. The van der Waals surface area contributed by atoms with Gasteiger partial charge in [0.2, 0.25) is 0 Å². The Morgan fingerprint density at radius 1 is 1.12 bits per heavy atom. The zero-order valence-electron chi connectivity index (χ0n) is 9.18. The van der Waals surface area contributed by atoms with E-state index in [1.807, 2.05) is 0 Å². The highest BCUT2D eigenvalue weighted by atomic mass is 35.5. The maximum atomic E-state index is 13.3. The average Bonchev–Trinajstić information content (AvgIpc) is 2.34. The number of piperidine rings is 1. The lowest BCUT2D eigenvalue weighted by atomic mass is 10.1. The summed E-state index contributed by atoms with van der Waals surface area (Å²) in [6, 6.07) is 2.39. The first-order valence-corrected chi connectivity index (χ1v) is 6.29. The number of rotatable bonds is 1. The van der Waals surface area contributed by atoms with Crippen LogP contribution >= 0.6 is 23.2 Å². The molecule has 92 valence electrons. The quantitative estimate of drug-likeness (QED) is 0.715. The van der Waals surface area contributed by atoms with E-state index in [9.17, 15) is 9.18 Å². The summed E-state index contributed by atoms with van der Waals surface area (Å²) >= 11 is 11.5. The van der Waals surface area contributed by atoms with Gasteiger partial charge in [-0.2, -0.15) is 0 Å². The first-order chi connectivity index (χ1) is 8.09. The summed E-state index contributed by atoms with van der Waals surface area (Å²) < 4.78 is 13.3. The maximum Gasteiger partial charge on any atom is 0.255 e. The molecule has 5 heteroatoms. The zero-order chi connectivity index (χ0) is 12.4. The highest BCUT2D eigenvalue weighted by molar-refractivity contribution is 6.36. The molecule has 1 amide bonds. The van der Waals surface area contributed by atoms with Crippen molar-refractivity contribution in [1.29, 1.82) is 0 Å². The Hall–Kier alpha value is -0.800. The van der Waals surface area contributed by atoms with Crippen LogP contribution in [0.2, 0.25) is 10.0 Å². The second kappa shape index (κ2) is 5.23. The summed E-state index contributed by atoms with van der Waals surface area (Å²) in [5.74, 6) is -0.832. The van der Waals surface area contributed by atoms with Crippen molar-refractivity contribution in [2.75, 3.05) is 13.1 Å². The fourth-order valence-electron chi connectivity index (χ4n) is 1.95. The third-order valence-corrected chi connectivity index (χ3v) is 3.49. The molecular weight excluding hydrogens is 264 g/mol. The smallest absolute Gasteiger partial charge is 0.255 e. The van der Waals surface area contributed by atoms with E-state index in [1.165, 1.54) is 6.07 Å². The van der Waals surface area contributed by atoms with Gasteiger partial charge in [-0.3, -0.25) is 4.79 Å². The second-order valence-corrected chi connectivity index (χ2v) is 4.91. The number of halogens is 3. The Balaban J connectivity index is 2.26. The highest BCUT2D eigenvalue weighted by Crippen LogP contribution is 2.26. The lowest BCUT2D eigenvalue weighted by molar-refractivity contribution is 0.0724. The summed E-state index contributed by atoms with van der Waals surface area (Å²) in [5, 5.41) is 0.136. The van der Waals surface area contributed by atoms with E-state index in [2.05, 4.69) is 0 Å². The number of hydrogen-bond acceptors (Lipinski definition) is 1. The fourth-order valence-corrected chi connectivity index (χ4v) is 2.42. The van der Waals surface area contributed by atoms with E-state index in [0.29, 0.717) is 13.1 Å². The minimum absolute atomic E-state index is 0.0646. The average molecular weight is 276 g/mol. The van der Waals surface area contributed by atoms with Crippen molar-refractivity contribution in [1.82, 2.24) is 4.90 Å². The van der Waals surface area contributed by atoms with E-state index >= 15 is 0 Å². The van der Waals surface area contributed by atoms with Crippen LogP contribution in [0.3, 0.4) is 0 Å². The molecule has 2 nitrogen and oxygen atoms in total. The Labute approximate surface area is 109 Å². The van der Waals surface area contributed by atoms with Crippen molar-refractivity contribution in [2.24, 2.45) is 0 Å². The minimum Gasteiger partial charge on any atom is -0.339 e. The molecule has 0 aliphatic carbocycles. The van der Waals surface area contributed by atoms with Crippen molar-refractivity contribution in [3.8, 4) is 0 Å². The van der Waals surface area contributed by atoms with Gasteiger partial charge >= 0.3 is 0 Å². The molecule has 17 heavy (non-hydrogen) atoms. The Morgan fingerprint density at radius 2 is 1.76 bits per heavy atom. The largest absolute Gasteiger partial charge is 0.339 e. The van der Waals surface area contributed by atoms with Gasteiger partial charge in [0.25, 0.3) is 5.91 Å². The van der Waals surface area contributed by atoms with Crippen LogP contribution in [0.25, 0.3) is 0 Å². The van der Waals surface area contributed by atoms with Crippen LogP contribution in [-0.4, -0.2) is 23.9 Å². The van der Waals surface area contributed by atoms with Crippen molar-refractivity contribution < 1.29 is 9.18 Å². The van der Waals surface area contributed by atoms with Crippen molar-refractivity contribution >= 4 is 29.1 Å². The van der Waals surface area contributed by atoms with Gasteiger partial charge in [-0.1, -0.05) is 23.2 Å². The molecule has 0 spiro atoms. The Bertz CT molecular complexity index is 444. The van der Waals surface area contributed by atoms with E-state index in [0.717, 1.165) is 25.3 Å². The third-order valence-electron chi connectivity index (χ3n) is 2.88. The van der Waals surface area contributed by atoms with Gasteiger partial charge in [-0.05, 0) is 31.4 Å². The lowest BCUT2D eigenvalue weighted by Crippen LogP contribution is -2.35. The Kier molecular flexibility index (Phi) is 3.89. The zero-order valence-corrected chi connectivity index (χ0v) is 10.7. The monoisotopic (exact) mass is 275 g/mol. The number of benzene rings is 1. The number of carbonyl (C=O) groups excluding carboxylic acids is 1. The van der Waals surface area contributed by atoms with Crippen LogP contribution in [0.4, 0.5) is 4.39 Å². The molecule has 0 saturated carbocycles. The number of carbonyl (C=O) groups is 1. The molecule has 1 saturated heterocycles. The summed E-state index contributed by atoms with van der Waals surface area (Å²) in [7, 11) is 0. The first kappa shape index (κ1) is 12.7. The predicted molar refractivity (Wildman–Crippen MR) is 66.2 cm³/mol. The number of likely N-dealkylation sites (tertiary alicyclic amines) is 1. The molecule has 0 unspecified atom stereocenters. The first-order valence-electron chi connectivity index (χ1n) is 5.53. The van der Waals surface area contributed by atoms with Gasteiger partial charge in [-0.25, -0.2) is 4.39 Å². The molecule has 0 bridgehead atoms. The van der Waals surface area contributed by atoms with Crippen LogP contribution in [0.5, 0.6) is 0 Å². The van der Waals surface area contributed by atoms with Gasteiger partial charge in [-0.15, -0.1) is 0 Å². The van der Waals surface area contributed by atoms with Crippen molar-refractivity contribution in [2.45, 2.75) is 19.3 Å². The minimum atomic E-state index is -0.614. The van der Waals surface area contributed by atoms with Gasteiger partial charge in [0, 0.05) is 13.1 Å². The van der Waals surface area contributed by atoms with E-state index in [4.69, 9.17) is 23.2 Å².